The van der Waals surface area contributed by atoms with Crippen LogP contribution in [0.4, 0.5) is 0 Å². The fraction of sp³-hybridized carbons (Fsp3) is 0.611. The molecule has 0 aliphatic carbocycles. The molecule has 0 radical (unpaired) electrons. The maximum Gasteiger partial charge on any atom is 0.243 e. The van der Waals surface area contributed by atoms with E-state index in [2.05, 4.69) is 0 Å². The highest BCUT2D eigenvalue weighted by Crippen LogP contribution is 2.32. The first-order chi connectivity index (χ1) is 12.5. The number of amides is 1. The van der Waals surface area contributed by atoms with Gasteiger partial charge >= 0.3 is 0 Å². The van der Waals surface area contributed by atoms with E-state index in [1.807, 2.05) is 0 Å². The molecule has 2 saturated heterocycles. The monoisotopic (exact) mass is 417 g/mol. The van der Waals surface area contributed by atoms with Crippen molar-refractivity contribution in [3.8, 4) is 0 Å². The van der Waals surface area contributed by atoms with Crippen molar-refractivity contribution in [3.63, 3.8) is 0 Å². The van der Waals surface area contributed by atoms with Crippen LogP contribution in [-0.4, -0.2) is 69.5 Å². The highest BCUT2D eigenvalue weighted by Gasteiger charge is 2.42. The summed E-state index contributed by atoms with van der Waals surface area (Å²) in [6.07, 6.45) is 1.88. The molecule has 1 aromatic rings. The van der Waals surface area contributed by atoms with Gasteiger partial charge in [-0.15, -0.1) is 12.4 Å². The van der Waals surface area contributed by atoms with Crippen LogP contribution in [0, 0.1) is 5.41 Å². The number of nitrogens with two attached hydrogens (primary N) is 1. The summed E-state index contributed by atoms with van der Waals surface area (Å²) < 4.78 is 32.5. The molecule has 3 rings (SSSR count). The van der Waals surface area contributed by atoms with Crippen LogP contribution in [0.1, 0.15) is 19.3 Å². The third-order valence-electron chi connectivity index (χ3n) is 5.42. The molecule has 2 aliphatic heterocycles. The van der Waals surface area contributed by atoms with Gasteiger partial charge in [0.2, 0.25) is 15.9 Å². The van der Waals surface area contributed by atoms with E-state index in [9.17, 15) is 13.2 Å². The summed E-state index contributed by atoms with van der Waals surface area (Å²) in [6.45, 7) is 3.07. The molecule has 0 spiro atoms. The first-order valence-corrected chi connectivity index (χ1v) is 10.6. The molecule has 0 aromatic heterocycles. The number of sulfonamides is 1. The molecule has 2 aliphatic rings. The minimum absolute atomic E-state index is 0. The van der Waals surface area contributed by atoms with Gasteiger partial charge in [0.05, 0.1) is 10.3 Å². The van der Waals surface area contributed by atoms with E-state index >= 15 is 0 Å². The van der Waals surface area contributed by atoms with E-state index in [0.717, 1.165) is 0 Å². The number of hydrogen-bond donors (Lipinski definition) is 1. The van der Waals surface area contributed by atoms with Gasteiger partial charge in [-0.3, -0.25) is 4.79 Å². The highest BCUT2D eigenvalue weighted by molar-refractivity contribution is 7.89. The first-order valence-electron chi connectivity index (χ1n) is 9.12. The van der Waals surface area contributed by atoms with Gasteiger partial charge in [-0.1, -0.05) is 18.2 Å². The number of carbonyl (C=O) groups is 1. The molecule has 152 valence electrons. The normalized spacial score (nSPS) is 21.1. The summed E-state index contributed by atoms with van der Waals surface area (Å²) in [4.78, 5) is 15.2. The summed E-state index contributed by atoms with van der Waals surface area (Å²) in [7, 11) is -3.53. The van der Waals surface area contributed by atoms with Crippen molar-refractivity contribution in [2.45, 2.75) is 24.2 Å². The molecular formula is C18H28ClN3O4S. The summed E-state index contributed by atoms with van der Waals surface area (Å²) in [6, 6.07) is 8.44. The van der Waals surface area contributed by atoms with Gasteiger partial charge in [0, 0.05) is 45.9 Å². The molecule has 1 amide bonds. The van der Waals surface area contributed by atoms with Crippen LogP contribution >= 0.6 is 12.4 Å². The van der Waals surface area contributed by atoms with Gasteiger partial charge in [0.25, 0.3) is 0 Å². The molecule has 0 saturated carbocycles. The average molecular weight is 418 g/mol. The van der Waals surface area contributed by atoms with Crippen LogP contribution < -0.4 is 5.73 Å². The lowest BCUT2D eigenvalue weighted by atomic mass is 9.79. The van der Waals surface area contributed by atoms with Gasteiger partial charge in [-0.05, 0) is 31.4 Å². The Hall–Kier alpha value is -1.19. The van der Waals surface area contributed by atoms with E-state index in [-0.39, 0.29) is 18.3 Å². The van der Waals surface area contributed by atoms with E-state index in [1.54, 1.807) is 35.2 Å². The predicted octanol–water partition coefficient (Wildman–Crippen LogP) is 1.09. The summed E-state index contributed by atoms with van der Waals surface area (Å²) in [5, 5.41) is 0. The maximum absolute atomic E-state index is 13.1. The number of nitrogens with zero attached hydrogens (tertiary/aromatic N) is 2. The molecular weight excluding hydrogens is 390 g/mol. The van der Waals surface area contributed by atoms with E-state index in [1.165, 1.54) is 4.31 Å². The van der Waals surface area contributed by atoms with Crippen molar-refractivity contribution >= 4 is 28.3 Å². The Bertz CT molecular complexity index is 723. The predicted molar refractivity (Wildman–Crippen MR) is 105 cm³/mol. The molecule has 0 atom stereocenters. The Labute approximate surface area is 167 Å². The van der Waals surface area contributed by atoms with Crippen LogP contribution in [0.3, 0.4) is 0 Å². The molecule has 27 heavy (non-hydrogen) atoms. The molecule has 2 N–H and O–H groups in total. The third kappa shape index (κ3) is 4.63. The summed E-state index contributed by atoms with van der Waals surface area (Å²) >= 11 is 0. The Kier molecular flexibility index (Phi) is 7.64. The van der Waals surface area contributed by atoms with Crippen molar-refractivity contribution in [2.24, 2.45) is 11.1 Å². The number of benzene rings is 1. The second-order valence-electron chi connectivity index (χ2n) is 6.96. The molecule has 2 heterocycles. The topological polar surface area (TPSA) is 92.9 Å². The lowest BCUT2D eigenvalue weighted by Crippen LogP contribution is -2.51. The van der Waals surface area contributed by atoms with E-state index in [0.29, 0.717) is 70.1 Å². The van der Waals surface area contributed by atoms with Crippen molar-refractivity contribution in [1.29, 1.82) is 0 Å². The fourth-order valence-corrected chi connectivity index (χ4v) is 5.17. The minimum atomic E-state index is -3.53. The Morgan fingerprint density at radius 3 is 2.37 bits per heavy atom. The quantitative estimate of drug-likeness (QED) is 0.791. The molecule has 0 bridgehead atoms. The van der Waals surface area contributed by atoms with Crippen LogP contribution in [0.5, 0.6) is 0 Å². The molecule has 9 heteroatoms. The standard InChI is InChI=1S/C18H27N3O4S.ClH/c19-15-18(7-13-25-14-8-18)17(22)20-9-4-10-21(12-11-20)26(23,24)16-5-2-1-3-6-16;/h1-3,5-6H,4,7-15,19H2;1H. The molecule has 7 nitrogen and oxygen atoms in total. The number of carbonyl (C=O) groups excluding carboxylic acids is 1. The molecule has 1 aromatic carbocycles. The first kappa shape index (κ1) is 22.1. The average Bonchev–Trinajstić information content (AvgIpc) is 2.95. The smallest absolute Gasteiger partial charge is 0.243 e. The van der Waals surface area contributed by atoms with Crippen LogP contribution in [0.15, 0.2) is 35.2 Å². The second-order valence-corrected chi connectivity index (χ2v) is 8.90. The summed E-state index contributed by atoms with van der Waals surface area (Å²) in [5.74, 6) is 0.0438. The highest BCUT2D eigenvalue weighted by atomic mass is 35.5. The van der Waals surface area contributed by atoms with Crippen molar-refractivity contribution in [3.05, 3.63) is 30.3 Å². The van der Waals surface area contributed by atoms with Gasteiger partial charge in [0.1, 0.15) is 0 Å². The molecule has 0 unspecified atom stereocenters. The third-order valence-corrected chi connectivity index (χ3v) is 7.33. The van der Waals surface area contributed by atoms with Crippen molar-refractivity contribution in [1.82, 2.24) is 9.21 Å². The zero-order chi connectivity index (χ0) is 18.6. The minimum Gasteiger partial charge on any atom is -0.381 e. The zero-order valence-electron chi connectivity index (χ0n) is 15.4. The van der Waals surface area contributed by atoms with Gasteiger partial charge in [-0.25, -0.2) is 8.42 Å². The number of ether oxygens (including phenoxy) is 1. The second kappa shape index (κ2) is 9.34. The lowest BCUT2D eigenvalue weighted by molar-refractivity contribution is -0.147. The Morgan fingerprint density at radius 1 is 1.07 bits per heavy atom. The Morgan fingerprint density at radius 2 is 1.74 bits per heavy atom. The van der Waals surface area contributed by atoms with Crippen LogP contribution in [-0.2, 0) is 19.6 Å². The Balaban J connectivity index is 0.00000261. The lowest BCUT2D eigenvalue weighted by Gasteiger charge is -2.38. The zero-order valence-corrected chi connectivity index (χ0v) is 17.0. The molecule has 2 fully saturated rings. The SMILES string of the molecule is Cl.NCC1(C(=O)N2CCCN(S(=O)(=O)c3ccccc3)CC2)CCOCC1. The van der Waals surface area contributed by atoms with Gasteiger partial charge < -0.3 is 15.4 Å². The largest absolute Gasteiger partial charge is 0.381 e. The van der Waals surface area contributed by atoms with Crippen molar-refractivity contribution in [2.75, 3.05) is 45.9 Å². The van der Waals surface area contributed by atoms with Crippen molar-refractivity contribution < 1.29 is 17.9 Å². The van der Waals surface area contributed by atoms with Crippen LogP contribution in [0.2, 0.25) is 0 Å². The van der Waals surface area contributed by atoms with E-state index in [4.69, 9.17) is 10.5 Å². The van der Waals surface area contributed by atoms with Crippen LogP contribution in [0.25, 0.3) is 0 Å². The fourth-order valence-electron chi connectivity index (χ4n) is 3.68. The number of halogens is 1. The maximum atomic E-state index is 13.1. The van der Waals surface area contributed by atoms with Gasteiger partial charge in [0.15, 0.2) is 0 Å². The number of rotatable bonds is 4. The summed E-state index contributed by atoms with van der Waals surface area (Å²) in [5.41, 5.74) is 5.38. The van der Waals surface area contributed by atoms with Gasteiger partial charge in [-0.2, -0.15) is 4.31 Å². The van der Waals surface area contributed by atoms with E-state index < -0.39 is 15.4 Å². The number of hydrogen-bond acceptors (Lipinski definition) is 5.